The molecular weight excluding hydrogens is 799 g/mol. The third-order valence-corrected chi connectivity index (χ3v) is 14.1. The molecule has 66 heavy (non-hydrogen) atoms. The molecule has 3 nitrogen and oxygen atoms in total. The first kappa shape index (κ1) is 38.1. The van der Waals surface area contributed by atoms with Crippen molar-refractivity contribution in [3.05, 3.63) is 248 Å². The molecule has 0 fully saturated rings. The topological polar surface area (TPSA) is 13.1 Å². The van der Waals surface area contributed by atoms with Crippen LogP contribution in [-0.4, -0.2) is 9.13 Å². The second kappa shape index (κ2) is 14.8. The number of nitrogens with zero attached hydrogens (tertiary/aromatic N) is 3. The Balaban J connectivity index is 0.860. The summed E-state index contributed by atoms with van der Waals surface area (Å²) in [6, 6.07) is 86.7. The average Bonchev–Trinajstić information content (AvgIpc) is 3.97. The predicted molar refractivity (Wildman–Crippen MR) is 278 cm³/mol. The number of rotatable bonds is 7. The van der Waals surface area contributed by atoms with Crippen molar-refractivity contribution in [3.63, 3.8) is 0 Å². The molecule has 1 aliphatic carbocycles. The highest BCUT2D eigenvalue weighted by atomic mass is 15.1. The predicted octanol–water partition coefficient (Wildman–Crippen LogP) is 17.0. The van der Waals surface area contributed by atoms with Crippen LogP contribution in [0.3, 0.4) is 0 Å². The molecule has 312 valence electrons. The molecular formula is C63H45N3. The normalized spacial score (nSPS) is 12.8. The Kier molecular flexibility index (Phi) is 8.56. The molecule has 0 atom stereocenters. The molecule has 0 amide bonds. The van der Waals surface area contributed by atoms with Crippen molar-refractivity contribution in [2.24, 2.45) is 0 Å². The molecule has 0 aliphatic heterocycles. The molecule has 0 saturated carbocycles. The van der Waals surface area contributed by atoms with Crippen LogP contribution in [-0.2, 0) is 5.41 Å². The van der Waals surface area contributed by atoms with Gasteiger partial charge in [0.15, 0.2) is 0 Å². The van der Waals surface area contributed by atoms with Crippen LogP contribution in [0.1, 0.15) is 25.0 Å². The van der Waals surface area contributed by atoms with Gasteiger partial charge in [-0.05, 0) is 142 Å². The number of benzene rings is 10. The van der Waals surface area contributed by atoms with Gasteiger partial charge in [0.2, 0.25) is 0 Å². The molecule has 0 unspecified atom stereocenters. The minimum Gasteiger partial charge on any atom is -0.310 e. The third-order valence-electron chi connectivity index (χ3n) is 14.1. The Labute approximate surface area is 384 Å². The number of hydrogen-bond acceptors (Lipinski definition) is 1. The van der Waals surface area contributed by atoms with Crippen molar-refractivity contribution in [3.8, 4) is 44.8 Å². The van der Waals surface area contributed by atoms with Crippen LogP contribution in [0.2, 0.25) is 0 Å². The lowest BCUT2D eigenvalue weighted by molar-refractivity contribution is 0.660. The maximum absolute atomic E-state index is 2.44. The number of fused-ring (bicyclic) bond motifs is 9. The van der Waals surface area contributed by atoms with E-state index < -0.39 is 0 Å². The fraction of sp³-hybridized carbons (Fsp3) is 0.0476. The third kappa shape index (κ3) is 5.90. The highest BCUT2D eigenvalue weighted by Gasteiger charge is 2.36. The lowest BCUT2D eigenvalue weighted by Crippen LogP contribution is -2.16. The Morgan fingerprint density at radius 2 is 0.742 bits per heavy atom. The maximum Gasteiger partial charge on any atom is 0.0547 e. The fourth-order valence-electron chi connectivity index (χ4n) is 10.9. The largest absolute Gasteiger partial charge is 0.310 e. The van der Waals surface area contributed by atoms with E-state index in [1.165, 1.54) is 93.8 Å². The van der Waals surface area contributed by atoms with Crippen LogP contribution in [0.15, 0.2) is 237 Å². The summed E-state index contributed by atoms with van der Waals surface area (Å²) in [6.07, 6.45) is 0. The molecule has 3 heteroatoms. The van der Waals surface area contributed by atoms with Gasteiger partial charge in [0.05, 0.1) is 22.1 Å². The van der Waals surface area contributed by atoms with Crippen LogP contribution in [0.4, 0.5) is 17.1 Å². The van der Waals surface area contributed by atoms with E-state index in [0.29, 0.717) is 0 Å². The number of aromatic nitrogens is 2. The monoisotopic (exact) mass is 843 g/mol. The second-order valence-electron chi connectivity index (χ2n) is 18.2. The van der Waals surface area contributed by atoms with Crippen LogP contribution < -0.4 is 4.90 Å². The van der Waals surface area contributed by atoms with Crippen molar-refractivity contribution in [2.45, 2.75) is 19.3 Å². The summed E-state index contributed by atoms with van der Waals surface area (Å²) >= 11 is 0. The summed E-state index contributed by atoms with van der Waals surface area (Å²) in [5, 5.41) is 5.05. The molecule has 12 aromatic rings. The maximum atomic E-state index is 2.44. The van der Waals surface area contributed by atoms with E-state index in [1.807, 2.05) is 0 Å². The molecule has 10 aromatic carbocycles. The highest BCUT2D eigenvalue weighted by molar-refractivity contribution is 6.11. The lowest BCUT2D eigenvalue weighted by atomic mass is 9.81. The van der Waals surface area contributed by atoms with Gasteiger partial charge in [-0.3, -0.25) is 0 Å². The van der Waals surface area contributed by atoms with Gasteiger partial charge < -0.3 is 14.0 Å². The first-order valence-corrected chi connectivity index (χ1v) is 22.9. The minimum atomic E-state index is -0.211. The Bertz CT molecular complexity index is 3820. The highest BCUT2D eigenvalue weighted by Crippen LogP contribution is 2.52. The molecule has 0 bridgehead atoms. The van der Waals surface area contributed by atoms with Gasteiger partial charge in [-0.25, -0.2) is 0 Å². The first-order valence-electron chi connectivity index (χ1n) is 22.9. The Hall–Kier alpha value is -8.40. The SMILES string of the molecule is CC1(C)c2cc(-c3ccc4c(c3)c3ccccc3n4-c3ccccc3)ccc2-c2ccc(N(c3ccccc3)c3ccc(-c4ccc5c6ccccc6n(-c6ccccc6)c5c4)cc3)cc21. The zero-order chi connectivity index (χ0) is 43.9. The standard InChI is InChI=1S/C63H45N3/c1-63(2)57-39-44(43-30-37-61-56(38-43)54-23-13-15-25-60(54)65(61)47-18-8-4-9-19-47)28-34-51(57)52-36-33-50(41-58(52)63)64(46-16-6-3-7-17-46)49-31-26-42(27-32-49)45-29-35-55-53-22-12-14-24-59(53)66(62(55)40-45)48-20-10-5-11-21-48/h3-41H,1-2H3. The second-order valence-corrected chi connectivity index (χ2v) is 18.2. The summed E-state index contributed by atoms with van der Waals surface area (Å²) in [5.74, 6) is 0. The van der Waals surface area contributed by atoms with Crippen LogP contribution in [0, 0.1) is 0 Å². The van der Waals surface area contributed by atoms with E-state index >= 15 is 0 Å². The first-order chi connectivity index (χ1) is 32.5. The van der Waals surface area contributed by atoms with Crippen LogP contribution in [0.25, 0.3) is 88.4 Å². The average molecular weight is 844 g/mol. The molecule has 0 radical (unpaired) electrons. The number of para-hydroxylation sites is 5. The Morgan fingerprint density at radius 3 is 1.42 bits per heavy atom. The minimum absolute atomic E-state index is 0.211. The van der Waals surface area contributed by atoms with Gasteiger partial charge in [0, 0.05) is 55.4 Å². The van der Waals surface area contributed by atoms with E-state index in [9.17, 15) is 0 Å². The quantitative estimate of drug-likeness (QED) is 0.156. The zero-order valence-electron chi connectivity index (χ0n) is 36.9. The molecule has 0 spiro atoms. The van der Waals surface area contributed by atoms with Crippen molar-refractivity contribution in [1.29, 1.82) is 0 Å². The summed E-state index contributed by atoms with van der Waals surface area (Å²) in [5.41, 5.74) is 20.5. The van der Waals surface area contributed by atoms with E-state index in [1.54, 1.807) is 0 Å². The molecule has 2 aromatic heterocycles. The van der Waals surface area contributed by atoms with E-state index in [4.69, 9.17) is 0 Å². The summed E-state index contributed by atoms with van der Waals surface area (Å²) in [7, 11) is 0. The molecule has 0 N–H and O–H groups in total. The fourth-order valence-corrected chi connectivity index (χ4v) is 10.9. The summed E-state index contributed by atoms with van der Waals surface area (Å²) < 4.78 is 4.77. The Morgan fingerprint density at radius 1 is 0.303 bits per heavy atom. The van der Waals surface area contributed by atoms with E-state index in [0.717, 1.165) is 22.7 Å². The lowest BCUT2D eigenvalue weighted by Gasteiger charge is -2.28. The number of anilines is 3. The molecule has 2 heterocycles. The smallest absolute Gasteiger partial charge is 0.0547 e. The molecule has 1 aliphatic rings. The van der Waals surface area contributed by atoms with Gasteiger partial charge >= 0.3 is 0 Å². The van der Waals surface area contributed by atoms with Crippen molar-refractivity contribution < 1.29 is 0 Å². The van der Waals surface area contributed by atoms with E-state index in [-0.39, 0.29) is 5.41 Å². The van der Waals surface area contributed by atoms with E-state index in [2.05, 4.69) is 264 Å². The van der Waals surface area contributed by atoms with Crippen LogP contribution in [0.5, 0.6) is 0 Å². The number of hydrogen-bond donors (Lipinski definition) is 0. The summed E-state index contributed by atoms with van der Waals surface area (Å²) in [6.45, 7) is 4.77. The van der Waals surface area contributed by atoms with Crippen molar-refractivity contribution >= 4 is 60.7 Å². The molecule has 0 saturated heterocycles. The van der Waals surface area contributed by atoms with Gasteiger partial charge in [0.1, 0.15) is 0 Å². The van der Waals surface area contributed by atoms with Crippen molar-refractivity contribution in [2.75, 3.05) is 4.90 Å². The van der Waals surface area contributed by atoms with Crippen LogP contribution >= 0.6 is 0 Å². The molecule has 13 rings (SSSR count). The van der Waals surface area contributed by atoms with Gasteiger partial charge in [-0.2, -0.15) is 0 Å². The summed E-state index contributed by atoms with van der Waals surface area (Å²) in [4.78, 5) is 2.39. The van der Waals surface area contributed by atoms with Crippen molar-refractivity contribution in [1.82, 2.24) is 9.13 Å². The van der Waals surface area contributed by atoms with Gasteiger partial charge in [0.25, 0.3) is 0 Å². The zero-order valence-corrected chi connectivity index (χ0v) is 36.9. The van der Waals surface area contributed by atoms with Gasteiger partial charge in [-0.1, -0.05) is 153 Å². The van der Waals surface area contributed by atoms with Gasteiger partial charge in [-0.15, -0.1) is 0 Å².